The van der Waals surface area contributed by atoms with Crippen molar-refractivity contribution in [1.29, 1.82) is 0 Å². The molecule has 1 aliphatic rings. The lowest BCUT2D eigenvalue weighted by molar-refractivity contribution is 0.408. The fraction of sp³-hybridized carbons (Fsp3) is 0.750. The lowest BCUT2D eigenvalue weighted by atomic mass is 10.1. The Kier molecular flexibility index (Phi) is 2.74. The topological polar surface area (TPSA) is 99.1 Å². The van der Waals surface area contributed by atoms with Crippen LogP contribution in [-0.4, -0.2) is 30.1 Å². The smallest absolute Gasteiger partial charge is 0.230 e. The van der Waals surface area contributed by atoms with Gasteiger partial charge in [-0.1, -0.05) is 0 Å². The average molecular weight is 231 g/mol. The third-order valence-electron chi connectivity index (χ3n) is 2.47. The predicted molar refractivity (Wildman–Crippen MR) is 52.8 cm³/mol. The van der Waals surface area contributed by atoms with Crippen LogP contribution in [0.3, 0.4) is 0 Å². The molecule has 1 aromatic heterocycles. The molecule has 1 atom stereocenters. The summed E-state index contributed by atoms with van der Waals surface area (Å²) in [5.74, 6) is 0.976. The minimum Gasteiger partial charge on any atom is -0.424 e. The first kappa shape index (κ1) is 10.6. The zero-order chi connectivity index (χ0) is 10.9. The largest absolute Gasteiger partial charge is 0.424 e. The normalized spacial score (nSPS) is 25.3. The highest BCUT2D eigenvalue weighted by Crippen LogP contribution is 2.27. The molecule has 1 unspecified atom stereocenters. The maximum Gasteiger partial charge on any atom is 0.230 e. The number of sulfone groups is 1. The van der Waals surface area contributed by atoms with Gasteiger partial charge in [0.2, 0.25) is 11.8 Å². The molecule has 2 N–H and O–H groups in total. The van der Waals surface area contributed by atoms with Crippen molar-refractivity contribution in [2.24, 2.45) is 5.73 Å². The van der Waals surface area contributed by atoms with E-state index in [1.165, 1.54) is 0 Å². The van der Waals surface area contributed by atoms with Crippen molar-refractivity contribution in [3.05, 3.63) is 11.8 Å². The zero-order valence-corrected chi connectivity index (χ0v) is 9.03. The highest BCUT2D eigenvalue weighted by molar-refractivity contribution is 7.91. The predicted octanol–water partition coefficient (Wildman–Crippen LogP) is -0.180. The molecule has 7 heteroatoms. The van der Waals surface area contributed by atoms with E-state index in [0.29, 0.717) is 18.2 Å². The summed E-state index contributed by atoms with van der Waals surface area (Å²) in [7, 11) is -2.94. The first-order valence-corrected chi connectivity index (χ1v) is 6.65. The molecule has 6 nitrogen and oxygen atoms in total. The van der Waals surface area contributed by atoms with E-state index in [4.69, 9.17) is 10.2 Å². The maximum atomic E-state index is 11.4. The quantitative estimate of drug-likeness (QED) is 0.758. The van der Waals surface area contributed by atoms with E-state index in [1.807, 2.05) is 0 Å². The second-order valence-electron chi connectivity index (χ2n) is 3.69. The highest BCUT2D eigenvalue weighted by atomic mass is 32.2. The summed E-state index contributed by atoms with van der Waals surface area (Å²) in [4.78, 5) is 0. The van der Waals surface area contributed by atoms with Gasteiger partial charge in [0.1, 0.15) is 0 Å². The second kappa shape index (κ2) is 3.90. The summed E-state index contributed by atoms with van der Waals surface area (Å²) in [5, 5.41) is 7.54. The summed E-state index contributed by atoms with van der Waals surface area (Å²) in [6.45, 7) is 0.187. The Labute approximate surface area is 87.8 Å². The van der Waals surface area contributed by atoms with Crippen molar-refractivity contribution in [1.82, 2.24) is 10.2 Å². The van der Waals surface area contributed by atoms with E-state index in [2.05, 4.69) is 10.2 Å². The second-order valence-corrected chi connectivity index (χ2v) is 5.92. The van der Waals surface area contributed by atoms with E-state index < -0.39 is 9.84 Å². The monoisotopic (exact) mass is 231 g/mol. The molecule has 1 aromatic rings. The molecule has 2 heterocycles. The molecule has 1 aliphatic heterocycles. The summed E-state index contributed by atoms with van der Waals surface area (Å²) in [5.41, 5.74) is 5.33. The van der Waals surface area contributed by atoms with Crippen LogP contribution >= 0.6 is 0 Å². The molecule has 0 aliphatic carbocycles. The van der Waals surface area contributed by atoms with Crippen LogP contribution < -0.4 is 5.73 Å². The van der Waals surface area contributed by atoms with Gasteiger partial charge in [0, 0.05) is 0 Å². The number of nitrogens with zero attached hydrogens (tertiary/aromatic N) is 2. The van der Waals surface area contributed by atoms with Crippen LogP contribution in [0.2, 0.25) is 0 Å². The average Bonchev–Trinajstić information content (AvgIpc) is 2.64. The molecule has 15 heavy (non-hydrogen) atoms. The third kappa shape index (κ3) is 2.35. The summed E-state index contributed by atoms with van der Waals surface area (Å²) < 4.78 is 28.0. The van der Waals surface area contributed by atoms with Gasteiger partial charge in [-0.15, -0.1) is 10.2 Å². The first-order valence-electron chi connectivity index (χ1n) is 4.83. The van der Waals surface area contributed by atoms with Crippen molar-refractivity contribution >= 4 is 9.84 Å². The number of nitrogens with two attached hydrogens (primary N) is 1. The molecule has 0 bridgehead atoms. The van der Waals surface area contributed by atoms with Crippen molar-refractivity contribution in [3.63, 3.8) is 0 Å². The Balaban J connectivity index is 2.17. The van der Waals surface area contributed by atoms with Crippen LogP contribution in [0.1, 0.15) is 30.5 Å². The molecule has 0 amide bonds. The van der Waals surface area contributed by atoms with Gasteiger partial charge in [-0.05, 0) is 12.8 Å². The van der Waals surface area contributed by atoms with Crippen molar-refractivity contribution < 1.29 is 12.8 Å². The van der Waals surface area contributed by atoms with Gasteiger partial charge < -0.3 is 10.2 Å². The minimum absolute atomic E-state index is 0.110. The molecular formula is C8H13N3O3S. The Morgan fingerprint density at radius 1 is 1.47 bits per heavy atom. The van der Waals surface area contributed by atoms with E-state index in [1.54, 1.807) is 0 Å². The van der Waals surface area contributed by atoms with Crippen LogP contribution in [-0.2, 0) is 16.4 Å². The molecule has 0 aromatic carbocycles. The number of hydrogen-bond acceptors (Lipinski definition) is 6. The van der Waals surface area contributed by atoms with E-state index in [9.17, 15) is 8.42 Å². The van der Waals surface area contributed by atoms with Gasteiger partial charge in [0.05, 0.1) is 24.0 Å². The third-order valence-corrected chi connectivity index (χ3v) is 4.29. The fourth-order valence-electron chi connectivity index (χ4n) is 1.73. The van der Waals surface area contributed by atoms with Crippen molar-refractivity contribution in [3.8, 4) is 0 Å². The fourth-order valence-corrected chi connectivity index (χ4v) is 3.43. The Bertz CT molecular complexity index is 440. The van der Waals surface area contributed by atoms with Crippen LogP contribution in [0.4, 0.5) is 0 Å². The van der Waals surface area contributed by atoms with Gasteiger partial charge >= 0.3 is 0 Å². The number of aromatic nitrogens is 2. The van der Waals surface area contributed by atoms with E-state index in [-0.39, 0.29) is 24.0 Å². The molecule has 1 saturated heterocycles. The van der Waals surface area contributed by atoms with Crippen LogP contribution in [0.25, 0.3) is 0 Å². The summed E-state index contributed by atoms with van der Waals surface area (Å²) >= 11 is 0. The van der Waals surface area contributed by atoms with Gasteiger partial charge in [0.15, 0.2) is 9.84 Å². The number of hydrogen-bond donors (Lipinski definition) is 1. The highest BCUT2D eigenvalue weighted by Gasteiger charge is 2.29. The first-order chi connectivity index (χ1) is 7.11. The van der Waals surface area contributed by atoms with E-state index in [0.717, 1.165) is 6.42 Å². The molecule has 0 spiro atoms. The molecule has 1 fully saturated rings. The zero-order valence-electron chi connectivity index (χ0n) is 8.22. The molecule has 2 rings (SSSR count). The lowest BCUT2D eigenvalue weighted by Gasteiger charge is -2.18. The number of rotatable bonds is 2. The maximum absolute atomic E-state index is 11.4. The Morgan fingerprint density at radius 2 is 2.27 bits per heavy atom. The van der Waals surface area contributed by atoms with Crippen LogP contribution in [0.15, 0.2) is 4.42 Å². The molecule has 0 saturated carbocycles. The SMILES string of the molecule is NCc1nnc(C2CCCS(=O)(=O)C2)o1. The molecule has 84 valence electrons. The van der Waals surface area contributed by atoms with Gasteiger partial charge in [-0.25, -0.2) is 8.42 Å². The van der Waals surface area contributed by atoms with Gasteiger partial charge in [-0.2, -0.15) is 0 Å². The molecular weight excluding hydrogens is 218 g/mol. The summed E-state index contributed by atoms with van der Waals surface area (Å²) in [6.07, 6.45) is 1.44. The van der Waals surface area contributed by atoms with Crippen LogP contribution in [0, 0.1) is 0 Å². The Morgan fingerprint density at radius 3 is 2.87 bits per heavy atom. The standard InChI is InChI=1S/C8H13N3O3S/c9-4-7-10-11-8(14-7)6-2-1-3-15(12,13)5-6/h6H,1-5,9H2. The Hall–Kier alpha value is -0.950. The lowest BCUT2D eigenvalue weighted by Crippen LogP contribution is -2.23. The molecule has 0 radical (unpaired) electrons. The van der Waals surface area contributed by atoms with Gasteiger partial charge in [0.25, 0.3) is 0 Å². The van der Waals surface area contributed by atoms with Crippen molar-refractivity contribution in [2.45, 2.75) is 25.3 Å². The van der Waals surface area contributed by atoms with Crippen molar-refractivity contribution in [2.75, 3.05) is 11.5 Å². The van der Waals surface area contributed by atoms with E-state index >= 15 is 0 Å². The van der Waals surface area contributed by atoms with Crippen LogP contribution in [0.5, 0.6) is 0 Å². The van der Waals surface area contributed by atoms with Gasteiger partial charge in [-0.3, -0.25) is 0 Å². The minimum atomic E-state index is -2.94. The summed E-state index contributed by atoms with van der Waals surface area (Å²) in [6, 6.07) is 0.